The highest BCUT2D eigenvalue weighted by Crippen LogP contribution is 2.51. The van der Waals surface area contributed by atoms with E-state index in [9.17, 15) is 8.78 Å². The van der Waals surface area contributed by atoms with Crippen LogP contribution in [0.25, 0.3) is 11.8 Å². The number of hydrogen-bond donors (Lipinski definition) is 0. The van der Waals surface area contributed by atoms with Crippen molar-refractivity contribution in [3.63, 3.8) is 0 Å². The van der Waals surface area contributed by atoms with Gasteiger partial charge >= 0.3 is 0 Å². The van der Waals surface area contributed by atoms with E-state index >= 15 is 0 Å². The zero-order chi connectivity index (χ0) is 25.6. The normalized spacial score (nSPS) is 21.2. The Labute approximate surface area is 224 Å². The molecule has 0 spiro atoms. The summed E-state index contributed by atoms with van der Waals surface area (Å²) in [4.78, 5) is 7.45. The molecule has 0 radical (unpaired) electrons. The summed E-state index contributed by atoms with van der Waals surface area (Å²) in [6.07, 6.45) is 4.89. The van der Waals surface area contributed by atoms with Gasteiger partial charge in [-0.1, -0.05) is 36.0 Å². The molecule has 0 fully saturated rings. The van der Waals surface area contributed by atoms with E-state index in [0.29, 0.717) is 13.2 Å². The van der Waals surface area contributed by atoms with Crippen LogP contribution in [-0.2, 0) is 0 Å². The molecule has 0 bridgehead atoms. The monoisotopic (exact) mass is 526 g/mol. The molecule has 3 aromatic rings. The van der Waals surface area contributed by atoms with Gasteiger partial charge in [-0.2, -0.15) is 0 Å². The molecule has 7 heteroatoms. The molecule has 0 N–H and O–H groups in total. The van der Waals surface area contributed by atoms with Gasteiger partial charge in [-0.25, -0.2) is 13.8 Å². The van der Waals surface area contributed by atoms with Gasteiger partial charge in [0, 0.05) is 11.0 Å². The van der Waals surface area contributed by atoms with Gasteiger partial charge in [0.1, 0.15) is 24.8 Å². The minimum absolute atomic E-state index is 0.121. The second-order valence-electron chi connectivity index (χ2n) is 9.65. The van der Waals surface area contributed by atoms with Gasteiger partial charge < -0.3 is 14.4 Å². The molecule has 4 aliphatic rings. The van der Waals surface area contributed by atoms with E-state index in [4.69, 9.17) is 14.5 Å². The molecule has 7 rings (SSSR count). The van der Waals surface area contributed by atoms with Crippen molar-refractivity contribution in [2.45, 2.75) is 25.3 Å². The summed E-state index contributed by atoms with van der Waals surface area (Å²) < 4.78 is 39.1. The third-order valence-electron chi connectivity index (χ3n) is 7.27. The largest absolute Gasteiger partial charge is 0.486 e. The van der Waals surface area contributed by atoms with Crippen LogP contribution in [0.3, 0.4) is 0 Å². The van der Waals surface area contributed by atoms with Gasteiger partial charge in [-0.15, -0.1) is 0 Å². The maximum absolute atomic E-state index is 14.0. The van der Waals surface area contributed by atoms with Gasteiger partial charge in [0.25, 0.3) is 0 Å². The van der Waals surface area contributed by atoms with Crippen molar-refractivity contribution in [2.24, 2.45) is 4.99 Å². The molecule has 1 aliphatic carbocycles. The van der Waals surface area contributed by atoms with Crippen LogP contribution < -0.4 is 9.47 Å². The number of aliphatic imine (C=N–C) groups is 1. The number of amidine groups is 1. The standard InChI is InChI=1S/C31H24F2N2O2S/c32-23-9-4-19(5-10-23)16-22-2-1-3-25-29(22)34-31-35(30(25)20-6-11-24(33)12-7-20)26(18-38-31)21-8-13-27-28(17-21)37-15-14-36-27/h4-13,16-18,30H,1-3,14-15H2/b22-16+. The second kappa shape index (κ2) is 9.48. The summed E-state index contributed by atoms with van der Waals surface area (Å²) in [5.41, 5.74) is 7.36. The van der Waals surface area contributed by atoms with Crippen LogP contribution in [-0.4, -0.2) is 23.3 Å². The first-order chi connectivity index (χ1) is 18.6. The molecule has 38 heavy (non-hydrogen) atoms. The SMILES string of the molecule is Fc1ccc(/C=C2\CCCC3=C2N=C2SC=C(c4ccc5c(c4)OCCO5)N2C3c2ccc(F)cc2)cc1. The van der Waals surface area contributed by atoms with Crippen LogP contribution in [0.15, 0.2) is 94.0 Å². The number of thioether (sulfide) groups is 1. The maximum Gasteiger partial charge on any atom is 0.174 e. The van der Waals surface area contributed by atoms with Gasteiger partial charge in [-0.05, 0) is 90.1 Å². The lowest BCUT2D eigenvalue weighted by molar-refractivity contribution is 0.171. The molecule has 1 unspecified atom stereocenters. The Morgan fingerprint density at radius 3 is 2.39 bits per heavy atom. The fraction of sp³-hybridized carbons (Fsp3) is 0.194. The fourth-order valence-electron chi connectivity index (χ4n) is 5.53. The van der Waals surface area contributed by atoms with Crippen molar-refractivity contribution in [3.8, 4) is 11.5 Å². The van der Waals surface area contributed by atoms with Crippen LogP contribution in [0.2, 0.25) is 0 Å². The van der Waals surface area contributed by atoms with E-state index in [-0.39, 0.29) is 17.7 Å². The van der Waals surface area contributed by atoms with Crippen LogP contribution in [0.4, 0.5) is 8.78 Å². The van der Waals surface area contributed by atoms with Gasteiger partial charge in [0.2, 0.25) is 0 Å². The number of benzene rings is 3. The third-order valence-corrected chi connectivity index (χ3v) is 8.11. The lowest BCUT2D eigenvalue weighted by Gasteiger charge is -2.40. The number of fused-ring (bicyclic) bond motifs is 2. The van der Waals surface area contributed by atoms with E-state index in [1.807, 2.05) is 24.3 Å². The molecule has 1 atom stereocenters. The zero-order valence-corrected chi connectivity index (χ0v) is 21.3. The first kappa shape index (κ1) is 23.3. The molecule has 3 heterocycles. The molecule has 0 aromatic heterocycles. The third kappa shape index (κ3) is 4.11. The molecular weight excluding hydrogens is 502 g/mol. The summed E-state index contributed by atoms with van der Waals surface area (Å²) >= 11 is 1.59. The average Bonchev–Trinajstić information content (AvgIpc) is 3.37. The highest BCUT2D eigenvalue weighted by molar-refractivity contribution is 8.16. The predicted molar refractivity (Wildman–Crippen MR) is 147 cm³/mol. The zero-order valence-electron chi connectivity index (χ0n) is 20.5. The highest BCUT2D eigenvalue weighted by Gasteiger charge is 2.40. The van der Waals surface area contributed by atoms with Crippen LogP contribution in [0, 0.1) is 11.6 Å². The maximum atomic E-state index is 14.0. The van der Waals surface area contributed by atoms with E-state index < -0.39 is 0 Å². The van der Waals surface area contributed by atoms with Crippen molar-refractivity contribution >= 4 is 28.7 Å². The summed E-state index contributed by atoms with van der Waals surface area (Å²) in [6.45, 7) is 1.07. The second-order valence-corrected chi connectivity index (χ2v) is 10.5. The topological polar surface area (TPSA) is 34.1 Å². The van der Waals surface area contributed by atoms with Crippen LogP contribution in [0.1, 0.15) is 42.0 Å². The van der Waals surface area contributed by atoms with Gasteiger partial charge in [0.05, 0.1) is 17.4 Å². The smallest absolute Gasteiger partial charge is 0.174 e. The van der Waals surface area contributed by atoms with E-state index in [0.717, 1.165) is 69.6 Å². The number of hydrogen-bond acceptors (Lipinski definition) is 5. The fourth-order valence-corrected chi connectivity index (χ4v) is 6.46. The molecule has 3 aromatic carbocycles. The Morgan fingerprint density at radius 2 is 1.61 bits per heavy atom. The van der Waals surface area contributed by atoms with E-state index in [2.05, 4.69) is 22.5 Å². The van der Waals surface area contributed by atoms with E-state index in [1.165, 1.54) is 29.8 Å². The summed E-state index contributed by atoms with van der Waals surface area (Å²) in [7, 11) is 0. The summed E-state index contributed by atoms with van der Waals surface area (Å²) in [5.74, 6) is 0.983. The summed E-state index contributed by atoms with van der Waals surface area (Å²) in [5, 5.41) is 3.01. The molecule has 3 aliphatic heterocycles. The minimum Gasteiger partial charge on any atom is -0.486 e. The molecule has 0 amide bonds. The number of halogens is 2. The summed E-state index contributed by atoms with van der Waals surface area (Å²) in [6, 6.07) is 19.3. The van der Waals surface area contributed by atoms with Crippen molar-refractivity contribution in [1.29, 1.82) is 0 Å². The minimum atomic E-state index is -0.258. The molecular formula is C31H24F2N2O2S. The molecule has 0 saturated heterocycles. The van der Waals surface area contributed by atoms with Crippen molar-refractivity contribution in [3.05, 3.63) is 117 Å². The van der Waals surface area contributed by atoms with Crippen LogP contribution >= 0.6 is 11.8 Å². The number of allylic oxidation sites excluding steroid dienone is 1. The van der Waals surface area contributed by atoms with Crippen molar-refractivity contribution in [2.75, 3.05) is 13.2 Å². The number of nitrogens with zero attached hydrogens (tertiary/aromatic N) is 2. The van der Waals surface area contributed by atoms with Gasteiger partial charge in [0.15, 0.2) is 16.7 Å². The first-order valence-corrected chi connectivity index (χ1v) is 13.6. The Hall–Kier alpha value is -3.84. The Kier molecular flexibility index (Phi) is 5.81. The van der Waals surface area contributed by atoms with Crippen molar-refractivity contribution < 1.29 is 18.3 Å². The Morgan fingerprint density at radius 1 is 0.868 bits per heavy atom. The number of ether oxygens (including phenoxy) is 2. The first-order valence-electron chi connectivity index (χ1n) is 12.7. The molecule has 0 saturated carbocycles. The molecule has 4 nitrogen and oxygen atoms in total. The average molecular weight is 527 g/mol. The Balaban J connectivity index is 1.34. The van der Waals surface area contributed by atoms with Crippen LogP contribution in [0.5, 0.6) is 11.5 Å². The van der Waals surface area contributed by atoms with E-state index in [1.54, 1.807) is 23.9 Å². The van der Waals surface area contributed by atoms with Gasteiger partial charge in [-0.3, -0.25) is 0 Å². The highest BCUT2D eigenvalue weighted by atomic mass is 32.2. The predicted octanol–water partition coefficient (Wildman–Crippen LogP) is 7.72. The number of rotatable bonds is 3. The Bertz CT molecular complexity index is 1540. The quantitative estimate of drug-likeness (QED) is 0.350. The lowest BCUT2D eigenvalue weighted by Crippen LogP contribution is -2.34. The van der Waals surface area contributed by atoms with Crippen molar-refractivity contribution in [1.82, 2.24) is 4.90 Å². The molecule has 190 valence electrons. The lowest BCUT2D eigenvalue weighted by atomic mass is 9.82.